The van der Waals surface area contributed by atoms with E-state index in [0.717, 1.165) is 0 Å². The molecule has 0 bridgehead atoms. The summed E-state index contributed by atoms with van der Waals surface area (Å²) < 4.78 is 3.47. The summed E-state index contributed by atoms with van der Waals surface area (Å²) in [6.07, 6.45) is 8.68. The quantitative estimate of drug-likeness (QED) is 0.530. The van der Waals surface area contributed by atoms with E-state index < -0.39 is 0 Å². The molecule has 0 nitrogen and oxygen atoms in total. The van der Waals surface area contributed by atoms with Crippen LogP contribution in [0.1, 0.15) is 61.8 Å². The third kappa shape index (κ3) is 3.90. The van der Waals surface area contributed by atoms with Gasteiger partial charge in [0.1, 0.15) is 0 Å². The van der Waals surface area contributed by atoms with Crippen LogP contribution < -0.4 is 0 Å². The molecule has 1 unspecified atom stereocenters. The standard InChI is InChI=1S/2C10H15.Ti/c2*1-8-5-6-9(7-8)10(2,3)4;/h7H,6H2,1-4H3;6-8H,1-4H3;. The molecule has 0 saturated carbocycles. The predicted molar refractivity (Wildman–Crippen MR) is 89.6 cm³/mol. The summed E-state index contributed by atoms with van der Waals surface area (Å²) in [6.45, 7) is 18.7. The summed E-state index contributed by atoms with van der Waals surface area (Å²) in [5.74, 6) is 0.651. The Morgan fingerprint density at radius 3 is 2.05 bits per heavy atom. The summed E-state index contributed by atoms with van der Waals surface area (Å²) in [5.41, 5.74) is 5.32. The first-order valence-corrected chi connectivity index (χ1v) is 9.66. The van der Waals surface area contributed by atoms with Crippen molar-refractivity contribution in [2.45, 2.75) is 61.8 Å². The Hall–Kier alpha value is -0.326. The maximum absolute atomic E-state index is 2.51. The van der Waals surface area contributed by atoms with Crippen LogP contribution in [0.15, 0.2) is 42.7 Å². The van der Waals surface area contributed by atoms with Crippen molar-refractivity contribution in [2.24, 2.45) is 16.7 Å². The second-order valence-corrected chi connectivity index (χ2v) is 10.9. The first kappa shape index (κ1) is 17.0. The van der Waals surface area contributed by atoms with Crippen LogP contribution in [0.4, 0.5) is 0 Å². The van der Waals surface area contributed by atoms with E-state index in [4.69, 9.17) is 0 Å². The second kappa shape index (κ2) is 5.71. The van der Waals surface area contributed by atoms with Gasteiger partial charge < -0.3 is 0 Å². The van der Waals surface area contributed by atoms with Crippen molar-refractivity contribution >= 4 is 0 Å². The van der Waals surface area contributed by atoms with Gasteiger partial charge in [-0.2, -0.15) is 0 Å². The first-order chi connectivity index (χ1) is 9.48. The molecule has 2 aliphatic carbocycles. The molecule has 0 amide bonds. The van der Waals surface area contributed by atoms with Crippen molar-refractivity contribution in [2.75, 3.05) is 0 Å². The van der Waals surface area contributed by atoms with Crippen LogP contribution in [0.3, 0.4) is 0 Å². The van der Waals surface area contributed by atoms with Gasteiger partial charge in [0.2, 0.25) is 0 Å². The Kier molecular flexibility index (Phi) is 4.63. The third-order valence-corrected chi connectivity index (χ3v) is 7.34. The van der Waals surface area contributed by atoms with Gasteiger partial charge in [0.25, 0.3) is 0 Å². The number of hydrogen-bond acceptors (Lipinski definition) is 0. The molecule has 0 aromatic rings. The van der Waals surface area contributed by atoms with Crippen molar-refractivity contribution in [3.8, 4) is 0 Å². The topological polar surface area (TPSA) is 0 Å². The van der Waals surface area contributed by atoms with E-state index in [1.165, 1.54) is 12.0 Å². The van der Waals surface area contributed by atoms with Crippen LogP contribution >= 0.6 is 0 Å². The normalized spacial score (nSPS) is 23.2. The minimum atomic E-state index is -0.131. The van der Waals surface area contributed by atoms with E-state index in [1.54, 1.807) is 18.9 Å². The summed E-state index contributed by atoms with van der Waals surface area (Å²) in [7, 11) is 0. The van der Waals surface area contributed by atoms with Crippen molar-refractivity contribution in [1.29, 1.82) is 0 Å². The van der Waals surface area contributed by atoms with E-state index in [-0.39, 0.29) is 24.6 Å². The average Bonchev–Trinajstić information content (AvgIpc) is 2.84. The zero-order chi connectivity index (χ0) is 16.0. The van der Waals surface area contributed by atoms with Crippen LogP contribution in [-0.4, -0.2) is 0 Å². The van der Waals surface area contributed by atoms with Crippen LogP contribution in [0, 0.1) is 16.7 Å². The molecule has 0 aromatic carbocycles. The van der Waals surface area contributed by atoms with E-state index in [0.29, 0.717) is 11.3 Å². The Morgan fingerprint density at radius 2 is 1.62 bits per heavy atom. The van der Waals surface area contributed by atoms with Gasteiger partial charge in [0.05, 0.1) is 0 Å². The number of hydrogen-bond donors (Lipinski definition) is 0. The first-order valence-electron chi connectivity index (χ1n) is 8.10. The van der Waals surface area contributed by atoms with Gasteiger partial charge in [-0.25, -0.2) is 0 Å². The molecule has 2 aliphatic rings. The third-order valence-electron chi connectivity index (χ3n) is 4.59. The van der Waals surface area contributed by atoms with Crippen LogP contribution in [0.2, 0.25) is 0 Å². The van der Waals surface area contributed by atoms with Crippen molar-refractivity contribution in [1.82, 2.24) is 0 Å². The molecule has 0 N–H and O–H groups in total. The van der Waals surface area contributed by atoms with E-state index in [1.807, 2.05) is 0 Å². The fourth-order valence-corrected chi connectivity index (χ4v) is 5.09. The average molecular weight is 318 g/mol. The van der Waals surface area contributed by atoms with Gasteiger partial charge in [-0.15, -0.1) is 0 Å². The van der Waals surface area contributed by atoms with Crippen LogP contribution in [-0.2, 0) is 19.2 Å². The Morgan fingerprint density at radius 1 is 1.00 bits per heavy atom. The maximum atomic E-state index is 2.51. The zero-order valence-corrected chi connectivity index (χ0v) is 16.6. The molecule has 0 fully saturated rings. The SMILES string of the molecule is CC1=[C]([Ti][C]2=CC(C(C)(C)C)=CC2C)CC(C(C)(C)C)=C1. The zero-order valence-electron chi connectivity index (χ0n) is 15.0. The van der Waals surface area contributed by atoms with E-state index >= 15 is 0 Å². The van der Waals surface area contributed by atoms with Gasteiger partial charge in [0, 0.05) is 0 Å². The summed E-state index contributed by atoms with van der Waals surface area (Å²) in [5, 5.41) is 0. The molecular formula is C20H30Ti. The molecule has 21 heavy (non-hydrogen) atoms. The van der Waals surface area contributed by atoms with E-state index in [9.17, 15) is 0 Å². The van der Waals surface area contributed by atoms with Crippen molar-refractivity contribution in [3.05, 3.63) is 42.7 Å². The molecule has 0 saturated heterocycles. The molecule has 0 aliphatic heterocycles. The number of rotatable bonds is 2. The number of allylic oxidation sites excluding steroid dienone is 8. The molecule has 2 rings (SSSR count). The monoisotopic (exact) mass is 318 g/mol. The van der Waals surface area contributed by atoms with Crippen molar-refractivity contribution < 1.29 is 19.2 Å². The minimum absolute atomic E-state index is 0.131. The summed E-state index contributed by atoms with van der Waals surface area (Å²) in [6, 6.07) is 0. The van der Waals surface area contributed by atoms with Crippen LogP contribution in [0.5, 0.6) is 0 Å². The predicted octanol–water partition coefficient (Wildman–Crippen LogP) is 6.23. The van der Waals surface area contributed by atoms with Gasteiger partial charge in [-0.1, -0.05) is 0 Å². The fraction of sp³-hybridized carbons (Fsp3) is 0.600. The van der Waals surface area contributed by atoms with Gasteiger partial charge in [-0.05, 0) is 0 Å². The molecule has 0 aromatic heterocycles. The molecule has 0 radical (unpaired) electrons. The Balaban J connectivity index is 2.11. The van der Waals surface area contributed by atoms with Crippen LogP contribution in [0.25, 0.3) is 0 Å². The molecular weight excluding hydrogens is 288 g/mol. The summed E-state index contributed by atoms with van der Waals surface area (Å²) >= 11 is -0.131. The Bertz CT molecular complexity index is 554. The fourth-order valence-electron chi connectivity index (χ4n) is 2.85. The molecule has 1 atom stereocenters. The molecule has 114 valence electrons. The van der Waals surface area contributed by atoms with Gasteiger partial charge in [-0.3, -0.25) is 0 Å². The van der Waals surface area contributed by atoms with E-state index in [2.05, 4.69) is 73.6 Å². The van der Waals surface area contributed by atoms with Crippen molar-refractivity contribution in [3.63, 3.8) is 0 Å². The molecule has 0 heterocycles. The Labute approximate surface area is 140 Å². The molecule has 1 heteroatoms. The second-order valence-electron chi connectivity index (χ2n) is 8.64. The summed E-state index contributed by atoms with van der Waals surface area (Å²) in [4.78, 5) is 0. The molecule has 0 spiro atoms. The van der Waals surface area contributed by atoms with Gasteiger partial charge in [0.15, 0.2) is 0 Å². The van der Waals surface area contributed by atoms with Gasteiger partial charge >= 0.3 is 140 Å².